The Morgan fingerprint density at radius 2 is 1.75 bits per heavy atom. The van der Waals surface area contributed by atoms with Crippen molar-refractivity contribution in [1.82, 2.24) is 14.8 Å². The maximum absolute atomic E-state index is 14.3. The molecule has 1 aliphatic heterocycles. The Kier molecular flexibility index (Phi) is 3.58. The lowest BCUT2D eigenvalue weighted by Crippen LogP contribution is -2.12. The molecule has 1 aromatic heterocycles. The Morgan fingerprint density at radius 1 is 1.00 bits per heavy atom. The summed E-state index contributed by atoms with van der Waals surface area (Å²) in [5.74, 6) is -0.937. The molecule has 120 valence electrons. The van der Waals surface area contributed by atoms with Gasteiger partial charge in [-0.25, -0.2) is 18.4 Å². The molecule has 0 spiro atoms. The quantitative estimate of drug-likeness (QED) is 0.649. The lowest BCUT2D eigenvalue weighted by atomic mass is 9.99. The highest BCUT2D eigenvalue weighted by Gasteiger charge is 2.27. The van der Waals surface area contributed by atoms with Gasteiger partial charge in [-0.15, -0.1) is 0 Å². The number of aromatic nitrogens is 3. The van der Waals surface area contributed by atoms with Crippen LogP contribution in [0, 0.1) is 11.6 Å². The number of aliphatic imine (C=N–C) groups is 1. The maximum atomic E-state index is 14.3. The number of benzene rings is 2. The van der Waals surface area contributed by atoms with Gasteiger partial charge >= 0.3 is 0 Å². The minimum Gasteiger partial charge on any atom is -0.276 e. The summed E-state index contributed by atoms with van der Waals surface area (Å²) in [4.78, 5) is 8.46. The molecule has 0 unspecified atom stereocenters. The summed E-state index contributed by atoms with van der Waals surface area (Å²) in [5, 5.41) is 4.55. The van der Waals surface area contributed by atoms with Crippen molar-refractivity contribution in [2.45, 2.75) is 6.54 Å². The van der Waals surface area contributed by atoms with Crippen molar-refractivity contribution < 1.29 is 8.78 Å². The van der Waals surface area contributed by atoms with E-state index in [1.165, 1.54) is 29.2 Å². The molecular weight excluding hydrogens is 357 g/mol. The normalized spacial score (nSPS) is 13.1. The molecule has 8 heteroatoms. The molecule has 0 atom stereocenters. The maximum Gasteiger partial charge on any atom is 0.153 e. The number of rotatable bonds is 1. The summed E-state index contributed by atoms with van der Waals surface area (Å²) in [6, 6.07) is 6.89. The van der Waals surface area contributed by atoms with Crippen LogP contribution in [0.1, 0.15) is 17.0 Å². The van der Waals surface area contributed by atoms with Gasteiger partial charge in [-0.3, -0.25) is 4.99 Å². The standard InChI is InChI=1S/C16H8Cl2F2N4/c17-8-4-5-11-14(15(8)18)16(13-9(19)2-1-3-10(13)20)21-6-12-22-7-23-24(11)12/h1-5,7H,6H2. The number of fused-ring (bicyclic) bond motifs is 3. The molecule has 0 N–H and O–H groups in total. The van der Waals surface area contributed by atoms with Crippen molar-refractivity contribution in [3.8, 4) is 5.69 Å². The predicted octanol–water partition coefficient (Wildman–Crippen LogP) is 4.20. The van der Waals surface area contributed by atoms with Crippen LogP contribution < -0.4 is 0 Å². The van der Waals surface area contributed by atoms with E-state index in [2.05, 4.69) is 15.1 Å². The van der Waals surface area contributed by atoms with Gasteiger partial charge in [-0.1, -0.05) is 29.3 Å². The van der Waals surface area contributed by atoms with Crippen LogP contribution in [0.25, 0.3) is 5.69 Å². The topological polar surface area (TPSA) is 43.1 Å². The SMILES string of the molecule is Fc1cccc(F)c1C1=NCc2ncnn2-c2ccc(Cl)c(Cl)c21. The minimum absolute atomic E-state index is 0.0837. The number of hydrogen-bond acceptors (Lipinski definition) is 3. The van der Waals surface area contributed by atoms with Crippen LogP contribution in [0.3, 0.4) is 0 Å². The smallest absolute Gasteiger partial charge is 0.153 e. The fourth-order valence-corrected chi connectivity index (χ4v) is 3.08. The summed E-state index contributed by atoms with van der Waals surface area (Å²) < 4.78 is 30.2. The molecule has 24 heavy (non-hydrogen) atoms. The predicted molar refractivity (Wildman–Crippen MR) is 87.1 cm³/mol. The van der Waals surface area contributed by atoms with E-state index >= 15 is 0 Å². The molecular formula is C16H8Cl2F2N4. The van der Waals surface area contributed by atoms with Gasteiger partial charge in [0, 0.05) is 5.56 Å². The Morgan fingerprint density at radius 3 is 2.50 bits per heavy atom. The van der Waals surface area contributed by atoms with Crippen LogP contribution in [0.5, 0.6) is 0 Å². The van der Waals surface area contributed by atoms with Gasteiger partial charge in [0.2, 0.25) is 0 Å². The Labute approximate surface area is 145 Å². The van der Waals surface area contributed by atoms with Crippen LogP contribution in [-0.4, -0.2) is 20.5 Å². The fourth-order valence-electron chi connectivity index (χ4n) is 2.67. The first-order chi connectivity index (χ1) is 11.6. The molecule has 2 heterocycles. The van der Waals surface area contributed by atoms with Gasteiger partial charge in [-0.2, -0.15) is 5.10 Å². The summed E-state index contributed by atoms with van der Waals surface area (Å²) >= 11 is 12.5. The molecule has 0 saturated heterocycles. The van der Waals surface area contributed by atoms with Crippen LogP contribution in [-0.2, 0) is 6.54 Å². The molecule has 0 amide bonds. The van der Waals surface area contributed by atoms with E-state index in [0.717, 1.165) is 0 Å². The van der Waals surface area contributed by atoms with E-state index < -0.39 is 11.6 Å². The third-order valence-corrected chi connectivity index (χ3v) is 4.54. The number of halogens is 4. The number of hydrogen-bond donors (Lipinski definition) is 0. The molecule has 0 radical (unpaired) electrons. The second-order valence-corrected chi connectivity index (χ2v) is 5.89. The third-order valence-electron chi connectivity index (χ3n) is 3.73. The highest BCUT2D eigenvalue weighted by atomic mass is 35.5. The highest BCUT2D eigenvalue weighted by molar-refractivity contribution is 6.45. The second-order valence-electron chi connectivity index (χ2n) is 5.11. The molecule has 0 fully saturated rings. The van der Waals surface area contributed by atoms with Crippen molar-refractivity contribution in [3.05, 3.63) is 75.3 Å². The number of nitrogens with zero attached hydrogens (tertiary/aromatic N) is 4. The van der Waals surface area contributed by atoms with Gasteiger partial charge in [0.1, 0.15) is 18.0 Å². The Hall–Kier alpha value is -2.31. The molecule has 0 saturated carbocycles. The average molecular weight is 365 g/mol. The molecule has 0 bridgehead atoms. The molecule has 3 aromatic rings. The van der Waals surface area contributed by atoms with Crippen LogP contribution >= 0.6 is 23.2 Å². The summed E-state index contributed by atoms with van der Waals surface area (Å²) in [7, 11) is 0. The highest BCUT2D eigenvalue weighted by Crippen LogP contribution is 2.35. The molecule has 1 aliphatic rings. The van der Waals surface area contributed by atoms with Gasteiger partial charge in [0.25, 0.3) is 0 Å². The largest absolute Gasteiger partial charge is 0.276 e. The van der Waals surface area contributed by atoms with Crippen LogP contribution in [0.2, 0.25) is 10.0 Å². The van der Waals surface area contributed by atoms with E-state index in [-0.39, 0.29) is 27.9 Å². The second kappa shape index (κ2) is 5.65. The van der Waals surface area contributed by atoms with Crippen molar-refractivity contribution in [3.63, 3.8) is 0 Å². The van der Waals surface area contributed by atoms with Crippen molar-refractivity contribution in [2.75, 3.05) is 0 Å². The molecule has 4 rings (SSSR count). The zero-order valence-corrected chi connectivity index (χ0v) is 13.5. The monoisotopic (exact) mass is 364 g/mol. The molecule has 2 aromatic carbocycles. The first-order valence-electron chi connectivity index (χ1n) is 6.94. The van der Waals surface area contributed by atoms with Gasteiger partial charge < -0.3 is 0 Å². The molecule has 0 aliphatic carbocycles. The van der Waals surface area contributed by atoms with Crippen LogP contribution in [0.15, 0.2) is 41.7 Å². The lowest BCUT2D eigenvalue weighted by Gasteiger charge is -2.14. The lowest BCUT2D eigenvalue weighted by molar-refractivity contribution is 0.579. The van der Waals surface area contributed by atoms with Crippen LogP contribution in [0.4, 0.5) is 8.78 Å². The molecule has 4 nitrogen and oxygen atoms in total. The summed E-state index contributed by atoms with van der Waals surface area (Å²) in [6.07, 6.45) is 1.38. The van der Waals surface area contributed by atoms with Gasteiger partial charge in [-0.05, 0) is 24.3 Å². The van der Waals surface area contributed by atoms with Crippen molar-refractivity contribution in [1.29, 1.82) is 0 Å². The van der Waals surface area contributed by atoms with E-state index in [9.17, 15) is 8.78 Å². The zero-order chi connectivity index (χ0) is 16.8. The van der Waals surface area contributed by atoms with Crippen molar-refractivity contribution >= 4 is 28.9 Å². The first-order valence-corrected chi connectivity index (χ1v) is 7.70. The van der Waals surface area contributed by atoms with E-state index in [1.54, 1.807) is 12.1 Å². The third kappa shape index (κ3) is 2.22. The van der Waals surface area contributed by atoms with E-state index in [0.29, 0.717) is 17.1 Å². The Balaban J connectivity index is 2.09. The summed E-state index contributed by atoms with van der Waals surface area (Å²) in [6.45, 7) is 0.103. The van der Waals surface area contributed by atoms with Gasteiger partial charge in [0.15, 0.2) is 5.82 Å². The average Bonchev–Trinajstić information content (AvgIpc) is 2.96. The van der Waals surface area contributed by atoms with E-state index in [4.69, 9.17) is 23.2 Å². The first kappa shape index (κ1) is 15.2. The fraction of sp³-hybridized carbons (Fsp3) is 0.0625. The van der Waals surface area contributed by atoms with E-state index in [1.807, 2.05) is 0 Å². The Bertz CT molecular complexity index is 977. The summed E-state index contributed by atoms with van der Waals surface area (Å²) in [5.41, 5.74) is 0.655. The van der Waals surface area contributed by atoms with Crippen molar-refractivity contribution in [2.24, 2.45) is 4.99 Å². The zero-order valence-electron chi connectivity index (χ0n) is 12.0. The van der Waals surface area contributed by atoms with Gasteiger partial charge in [0.05, 0.1) is 33.6 Å². The minimum atomic E-state index is -0.733.